The van der Waals surface area contributed by atoms with Crippen molar-refractivity contribution in [2.45, 2.75) is 142 Å². The number of carbonyl (C=O) groups excluding carboxylic acids is 1. The number of unbranched alkanes of at least 4 members (excludes halogenated alkanes) is 12. The summed E-state index contributed by atoms with van der Waals surface area (Å²) in [4.78, 5) is 22.8. The third-order valence-electron chi connectivity index (χ3n) is 5.66. The van der Waals surface area contributed by atoms with E-state index in [9.17, 15) is 9.59 Å². The van der Waals surface area contributed by atoms with E-state index < -0.39 is 5.97 Å². The molecule has 186 valence electrons. The van der Waals surface area contributed by atoms with Crippen LogP contribution in [-0.2, 0) is 14.3 Å². The quantitative estimate of drug-likeness (QED) is 0.0962. The Hall–Kier alpha value is -1.58. The molecular weight excluding hydrogens is 400 g/mol. The summed E-state index contributed by atoms with van der Waals surface area (Å²) >= 11 is 0. The van der Waals surface area contributed by atoms with Gasteiger partial charge in [0.2, 0.25) is 0 Å². The van der Waals surface area contributed by atoms with Crippen molar-refractivity contribution >= 4 is 11.9 Å². The number of rotatable bonds is 23. The van der Waals surface area contributed by atoms with Gasteiger partial charge in [-0.3, -0.25) is 9.59 Å². The zero-order valence-corrected chi connectivity index (χ0v) is 21.0. The van der Waals surface area contributed by atoms with Crippen molar-refractivity contribution in [2.75, 3.05) is 0 Å². The Balaban J connectivity index is 4.23. The molecule has 1 N–H and O–H groups in total. The molecule has 0 saturated carbocycles. The molecule has 1 atom stereocenters. The van der Waals surface area contributed by atoms with Crippen molar-refractivity contribution in [1.29, 1.82) is 0 Å². The Bertz CT molecular complexity index is 496. The predicted molar refractivity (Wildman–Crippen MR) is 135 cm³/mol. The number of allylic oxidation sites excluding steroid dienone is 3. The SMILES string of the molecule is CCCCC/C=C\C/C=C\C(CCCCCCCCC(=O)O)OC(=O)CCCCCCC. The third-order valence-corrected chi connectivity index (χ3v) is 5.66. The summed E-state index contributed by atoms with van der Waals surface area (Å²) in [6.45, 7) is 4.42. The van der Waals surface area contributed by atoms with Crippen LogP contribution in [0.1, 0.15) is 136 Å². The van der Waals surface area contributed by atoms with Crippen LogP contribution in [0.5, 0.6) is 0 Å². The average Bonchev–Trinajstić information content (AvgIpc) is 2.76. The van der Waals surface area contributed by atoms with Crippen molar-refractivity contribution in [1.82, 2.24) is 0 Å². The summed E-state index contributed by atoms with van der Waals surface area (Å²) < 4.78 is 5.77. The number of carbonyl (C=O) groups is 2. The second kappa shape index (κ2) is 24.1. The van der Waals surface area contributed by atoms with Crippen LogP contribution in [0, 0.1) is 0 Å². The van der Waals surface area contributed by atoms with Gasteiger partial charge in [0.25, 0.3) is 0 Å². The Morgan fingerprint density at radius 1 is 0.719 bits per heavy atom. The lowest BCUT2D eigenvalue weighted by Gasteiger charge is -2.14. The van der Waals surface area contributed by atoms with E-state index in [1.54, 1.807) is 0 Å². The molecule has 32 heavy (non-hydrogen) atoms. The molecule has 4 heteroatoms. The summed E-state index contributed by atoms with van der Waals surface area (Å²) in [6.07, 6.45) is 27.8. The maximum atomic E-state index is 12.3. The second-order valence-electron chi connectivity index (χ2n) is 8.88. The van der Waals surface area contributed by atoms with Crippen LogP contribution >= 0.6 is 0 Å². The first-order chi connectivity index (χ1) is 15.6. The molecule has 0 aliphatic heterocycles. The van der Waals surface area contributed by atoms with Gasteiger partial charge in [0.15, 0.2) is 0 Å². The monoisotopic (exact) mass is 450 g/mol. The summed E-state index contributed by atoms with van der Waals surface area (Å²) in [5.74, 6) is -0.775. The second-order valence-corrected chi connectivity index (χ2v) is 8.88. The highest BCUT2D eigenvalue weighted by atomic mass is 16.5. The lowest BCUT2D eigenvalue weighted by molar-refractivity contribution is -0.147. The highest BCUT2D eigenvalue weighted by Gasteiger charge is 2.11. The molecule has 0 radical (unpaired) electrons. The van der Waals surface area contributed by atoms with Gasteiger partial charge in [-0.2, -0.15) is 0 Å². The molecule has 0 rings (SSSR count). The largest absolute Gasteiger partial charge is 0.481 e. The van der Waals surface area contributed by atoms with E-state index >= 15 is 0 Å². The van der Waals surface area contributed by atoms with Crippen LogP contribution in [0.2, 0.25) is 0 Å². The highest BCUT2D eigenvalue weighted by Crippen LogP contribution is 2.14. The summed E-state index contributed by atoms with van der Waals surface area (Å²) in [7, 11) is 0. The lowest BCUT2D eigenvalue weighted by Crippen LogP contribution is -2.16. The topological polar surface area (TPSA) is 63.6 Å². The number of carboxylic acids is 1. The highest BCUT2D eigenvalue weighted by molar-refractivity contribution is 5.69. The van der Waals surface area contributed by atoms with E-state index in [0.29, 0.717) is 6.42 Å². The Kier molecular flexibility index (Phi) is 22.9. The maximum absolute atomic E-state index is 12.3. The van der Waals surface area contributed by atoms with E-state index in [-0.39, 0.29) is 18.5 Å². The zero-order valence-electron chi connectivity index (χ0n) is 21.0. The lowest BCUT2D eigenvalue weighted by atomic mass is 10.1. The van der Waals surface area contributed by atoms with Crippen LogP contribution in [0.4, 0.5) is 0 Å². The smallest absolute Gasteiger partial charge is 0.306 e. The zero-order chi connectivity index (χ0) is 23.7. The molecule has 1 unspecified atom stereocenters. The van der Waals surface area contributed by atoms with E-state index in [0.717, 1.165) is 70.6 Å². The molecule has 4 nitrogen and oxygen atoms in total. The number of ether oxygens (including phenoxy) is 1. The molecule has 0 aromatic heterocycles. The molecule has 0 saturated heterocycles. The van der Waals surface area contributed by atoms with Crippen molar-refractivity contribution in [3.63, 3.8) is 0 Å². The van der Waals surface area contributed by atoms with E-state index in [2.05, 4.69) is 38.2 Å². The normalized spacial score (nSPS) is 12.6. The molecule has 0 fully saturated rings. The summed E-state index contributed by atoms with van der Waals surface area (Å²) in [5.41, 5.74) is 0. The first kappa shape index (κ1) is 30.4. The van der Waals surface area contributed by atoms with Crippen LogP contribution in [0.25, 0.3) is 0 Å². The van der Waals surface area contributed by atoms with Gasteiger partial charge in [-0.1, -0.05) is 96.3 Å². The van der Waals surface area contributed by atoms with Gasteiger partial charge in [0.05, 0.1) is 0 Å². The molecule has 0 aromatic rings. The number of carboxylic acid groups (broad SMARTS) is 1. The molecule has 0 amide bonds. The van der Waals surface area contributed by atoms with Gasteiger partial charge >= 0.3 is 11.9 Å². The minimum absolute atomic E-state index is 0.0695. The van der Waals surface area contributed by atoms with Crippen molar-refractivity contribution in [2.24, 2.45) is 0 Å². The summed E-state index contributed by atoms with van der Waals surface area (Å²) in [5, 5.41) is 8.68. The van der Waals surface area contributed by atoms with Gasteiger partial charge in [0.1, 0.15) is 6.10 Å². The van der Waals surface area contributed by atoms with Gasteiger partial charge in [0, 0.05) is 12.8 Å². The molecule has 0 heterocycles. The van der Waals surface area contributed by atoms with Crippen molar-refractivity contribution in [3.05, 3.63) is 24.3 Å². The van der Waals surface area contributed by atoms with Crippen LogP contribution in [0.15, 0.2) is 24.3 Å². The van der Waals surface area contributed by atoms with Crippen LogP contribution < -0.4 is 0 Å². The van der Waals surface area contributed by atoms with E-state index in [4.69, 9.17) is 9.84 Å². The standard InChI is InChI=1S/C28H50O4/c1-3-5-7-9-10-11-15-18-22-26(32-28(31)25-21-14-8-6-4-2)23-19-16-12-13-17-20-24-27(29)30/h10-11,18,22,26H,3-9,12-17,19-21,23-25H2,1-2H3,(H,29,30)/b11-10-,22-18-. The molecule has 0 aliphatic rings. The van der Waals surface area contributed by atoms with E-state index in [1.165, 1.54) is 38.5 Å². The third kappa shape index (κ3) is 23.1. The average molecular weight is 451 g/mol. The molecule has 0 aliphatic carbocycles. The fourth-order valence-corrected chi connectivity index (χ4v) is 3.66. The fourth-order valence-electron chi connectivity index (χ4n) is 3.66. The van der Waals surface area contributed by atoms with Gasteiger partial charge in [-0.05, 0) is 51.0 Å². The number of hydrogen-bond acceptors (Lipinski definition) is 3. The van der Waals surface area contributed by atoms with Crippen LogP contribution in [0.3, 0.4) is 0 Å². The van der Waals surface area contributed by atoms with Gasteiger partial charge < -0.3 is 9.84 Å². The minimum atomic E-state index is -0.706. The maximum Gasteiger partial charge on any atom is 0.306 e. The first-order valence-electron chi connectivity index (χ1n) is 13.3. The molecular formula is C28H50O4. The Labute approximate surface area is 197 Å². The number of esters is 1. The number of hydrogen-bond donors (Lipinski definition) is 1. The predicted octanol–water partition coefficient (Wildman–Crippen LogP) is 8.55. The first-order valence-corrected chi connectivity index (χ1v) is 13.3. The van der Waals surface area contributed by atoms with Crippen molar-refractivity contribution in [3.8, 4) is 0 Å². The minimum Gasteiger partial charge on any atom is -0.481 e. The van der Waals surface area contributed by atoms with Gasteiger partial charge in [-0.25, -0.2) is 0 Å². The van der Waals surface area contributed by atoms with Crippen LogP contribution in [-0.4, -0.2) is 23.1 Å². The number of aliphatic carboxylic acids is 1. The van der Waals surface area contributed by atoms with Crippen molar-refractivity contribution < 1.29 is 19.4 Å². The van der Waals surface area contributed by atoms with Gasteiger partial charge in [-0.15, -0.1) is 0 Å². The van der Waals surface area contributed by atoms with E-state index in [1.807, 2.05) is 0 Å². The summed E-state index contributed by atoms with van der Waals surface area (Å²) in [6, 6.07) is 0. The molecule has 0 spiro atoms. The Morgan fingerprint density at radius 2 is 1.31 bits per heavy atom. The molecule has 0 aromatic carbocycles. The molecule has 0 bridgehead atoms. The fraction of sp³-hybridized carbons (Fsp3) is 0.786. The Morgan fingerprint density at radius 3 is 2.00 bits per heavy atom.